The summed E-state index contributed by atoms with van der Waals surface area (Å²) in [4.78, 5) is 17.9. The molecule has 5 nitrogen and oxygen atoms in total. The van der Waals surface area contributed by atoms with Gasteiger partial charge in [-0.1, -0.05) is 6.92 Å². The number of ether oxygens (including phenoxy) is 1. The van der Waals surface area contributed by atoms with Gasteiger partial charge in [-0.05, 0) is 30.9 Å². The maximum absolute atomic E-state index is 12.4. The summed E-state index contributed by atoms with van der Waals surface area (Å²) in [6.07, 6.45) is 2.89. The molecule has 1 aliphatic heterocycles. The molecule has 0 spiro atoms. The number of carbonyl (C=O) groups excluding carboxylic acids is 1. The molecule has 0 fully saturated rings. The molecule has 2 aromatic heterocycles. The third kappa shape index (κ3) is 3.06. The number of thiophene rings is 1. The normalized spacial score (nSPS) is 17.1. The first-order valence-electron chi connectivity index (χ1n) is 7.99. The van der Waals surface area contributed by atoms with Crippen LogP contribution in [-0.2, 0) is 4.79 Å². The molecule has 0 saturated heterocycles. The predicted molar refractivity (Wildman–Crippen MR) is 95.6 cm³/mol. The number of methoxy groups -OCH3 is 1. The van der Waals surface area contributed by atoms with Crippen LogP contribution in [-0.4, -0.2) is 28.7 Å². The number of pyridine rings is 1. The average Bonchev–Trinajstić information content (AvgIpc) is 3.20. The largest absolute Gasteiger partial charge is 0.496 e. The zero-order valence-electron chi connectivity index (χ0n) is 14.4. The van der Waals surface area contributed by atoms with E-state index in [1.165, 1.54) is 5.56 Å². The van der Waals surface area contributed by atoms with Gasteiger partial charge in [-0.3, -0.25) is 9.78 Å². The van der Waals surface area contributed by atoms with Crippen LogP contribution >= 0.6 is 11.3 Å². The molecule has 3 rings (SSSR count). The van der Waals surface area contributed by atoms with E-state index in [4.69, 9.17) is 4.74 Å². The lowest BCUT2D eigenvalue weighted by Gasteiger charge is -2.23. The minimum Gasteiger partial charge on any atom is -0.496 e. The van der Waals surface area contributed by atoms with E-state index in [1.54, 1.807) is 29.7 Å². The van der Waals surface area contributed by atoms with Crippen molar-refractivity contribution in [1.82, 2.24) is 9.99 Å². The van der Waals surface area contributed by atoms with Crippen molar-refractivity contribution in [3.63, 3.8) is 0 Å². The fourth-order valence-corrected chi connectivity index (χ4v) is 3.74. The molecule has 0 bridgehead atoms. The summed E-state index contributed by atoms with van der Waals surface area (Å²) < 4.78 is 5.52. The summed E-state index contributed by atoms with van der Waals surface area (Å²) in [5.74, 6) is 0.756. The standard InChI is InChI=1S/C18H21N3O2S/c1-5-18(22)21-15(13-9-19-12(3)7-16(13)23-4)8-14(20-21)17-6-11(2)10-24-17/h6-7,9-10,15H,5,8H2,1-4H3. The highest BCUT2D eigenvalue weighted by Gasteiger charge is 2.34. The number of aromatic nitrogens is 1. The number of hydrazone groups is 1. The molecule has 0 saturated carbocycles. The molecule has 6 heteroatoms. The van der Waals surface area contributed by atoms with Crippen molar-refractivity contribution < 1.29 is 9.53 Å². The molecule has 2 aromatic rings. The van der Waals surface area contributed by atoms with Crippen molar-refractivity contribution >= 4 is 23.0 Å². The highest BCUT2D eigenvalue weighted by Crippen LogP contribution is 2.38. The molecule has 3 heterocycles. The van der Waals surface area contributed by atoms with Crippen molar-refractivity contribution in [2.24, 2.45) is 5.10 Å². The number of amides is 1. The summed E-state index contributed by atoms with van der Waals surface area (Å²) in [7, 11) is 1.64. The molecule has 0 N–H and O–H groups in total. The molecule has 0 radical (unpaired) electrons. The van der Waals surface area contributed by atoms with Crippen LogP contribution in [0.2, 0.25) is 0 Å². The monoisotopic (exact) mass is 343 g/mol. The Kier molecular flexibility index (Phi) is 4.66. The van der Waals surface area contributed by atoms with Gasteiger partial charge >= 0.3 is 0 Å². The summed E-state index contributed by atoms with van der Waals surface area (Å²) in [5, 5.41) is 8.32. The van der Waals surface area contributed by atoms with Crippen molar-refractivity contribution in [3.8, 4) is 5.75 Å². The van der Waals surface area contributed by atoms with Crippen LogP contribution in [0.15, 0.2) is 28.8 Å². The molecular formula is C18H21N3O2S. The number of carbonyl (C=O) groups is 1. The SMILES string of the molecule is CCC(=O)N1N=C(c2cc(C)cs2)CC1c1cnc(C)cc1OC. The van der Waals surface area contributed by atoms with E-state index in [9.17, 15) is 4.79 Å². The lowest BCUT2D eigenvalue weighted by Crippen LogP contribution is -2.26. The second-order valence-electron chi connectivity index (χ2n) is 5.91. The van der Waals surface area contributed by atoms with E-state index in [0.29, 0.717) is 12.8 Å². The molecule has 1 aliphatic rings. The van der Waals surface area contributed by atoms with Gasteiger partial charge in [0.25, 0.3) is 0 Å². The molecule has 1 atom stereocenters. The fraction of sp³-hybridized carbons (Fsp3) is 0.389. The molecule has 1 amide bonds. The lowest BCUT2D eigenvalue weighted by atomic mass is 10.0. The Morgan fingerprint density at radius 1 is 1.42 bits per heavy atom. The highest BCUT2D eigenvalue weighted by molar-refractivity contribution is 7.12. The second kappa shape index (κ2) is 6.73. The fourth-order valence-electron chi connectivity index (χ4n) is 2.85. The Morgan fingerprint density at radius 2 is 2.21 bits per heavy atom. The first-order chi connectivity index (χ1) is 11.5. The quantitative estimate of drug-likeness (QED) is 0.847. The van der Waals surface area contributed by atoms with E-state index >= 15 is 0 Å². The van der Waals surface area contributed by atoms with Gasteiger partial charge in [0.1, 0.15) is 5.75 Å². The highest BCUT2D eigenvalue weighted by atomic mass is 32.1. The van der Waals surface area contributed by atoms with Gasteiger partial charge in [0.2, 0.25) is 5.91 Å². The van der Waals surface area contributed by atoms with Gasteiger partial charge < -0.3 is 4.74 Å². The van der Waals surface area contributed by atoms with Crippen LogP contribution in [0, 0.1) is 13.8 Å². The Labute approximate surface area is 146 Å². The van der Waals surface area contributed by atoms with Crippen LogP contribution in [0.4, 0.5) is 0 Å². The number of hydrogen-bond acceptors (Lipinski definition) is 5. The molecular weight excluding hydrogens is 322 g/mol. The number of hydrogen-bond donors (Lipinski definition) is 0. The van der Waals surface area contributed by atoms with Gasteiger partial charge in [-0.2, -0.15) is 5.10 Å². The Morgan fingerprint density at radius 3 is 2.83 bits per heavy atom. The number of rotatable bonds is 4. The number of nitrogens with zero attached hydrogens (tertiary/aromatic N) is 3. The first kappa shape index (κ1) is 16.6. The summed E-state index contributed by atoms with van der Waals surface area (Å²) >= 11 is 1.66. The minimum absolute atomic E-state index is 0.00547. The smallest absolute Gasteiger partial charge is 0.242 e. The van der Waals surface area contributed by atoms with E-state index in [-0.39, 0.29) is 11.9 Å². The maximum atomic E-state index is 12.4. The lowest BCUT2D eigenvalue weighted by molar-refractivity contribution is -0.132. The van der Waals surface area contributed by atoms with Gasteiger partial charge in [-0.15, -0.1) is 11.3 Å². The first-order valence-corrected chi connectivity index (χ1v) is 8.87. The van der Waals surface area contributed by atoms with Crippen LogP contribution in [0.1, 0.15) is 47.5 Å². The third-order valence-corrected chi connectivity index (χ3v) is 5.19. The van der Waals surface area contributed by atoms with Gasteiger partial charge in [0.15, 0.2) is 0 Å². The molecule has 1 unspecified atom stereocenters. The van der Waals surface area contributed by atoms with Crippen LogP contribution in [0.5, 0.6) is 5.75 Å². The Balaban J connectivity index is 2.00. The van der Waals surface area contributed by atoms with Crippen molar-refractivity contribution in [2.45, 2.75) is 39.7 Å². The van der Waals surface area contributed by atoms with Crippen LogP contribution in [0.25, 0.3) is 0 Å². The zero-order valence-corrected chi connectivity index (χ0v) is 15.2. The molecule has 0 aromatic carbocycles. The van der Waals surface area contributed by atoms with E-state index in [1.807, 2.05) is 19.9 Å². The van der Waals surface area contributed by atoms with E-state index in [0.717, 1.165) is 27.6 Å². The number of aryl methyl sites for hydroxylation is 2. The topological polar surface area (TPSA) is 54.8 Å². The van der Waals surface area contributed by atoms with Crippen LogP contribution < -0.4 is 4.74 Å². The Hall–Kier alpha value is -2.21. The molecule has 24 heavy (non-hydrogen) atoms. The van der Waals surface area contributed by atoms with Gasteiger partial charge in [0, 0.05) is 36.4 Å². The van der Waals surface area contributed by atoms with Gasteiger partial charge in [0.05, 0.1) is 23.7 Å². The van der Waals surface area contributed by atoms with Crippen molar-refractivity contribution in [3.05, 3.63) is 45.4 Å². The summed E-state index contributed by atoms with van der Waals surface area (Å²) in [5.41, 5.74) is 3.94. The maximum Gasteiger partial charge on any atom is 0.242 e. The zero-order chi connectivity index (χ0) is 17.3. The van der Waals surface area contributed by atoms with Crippen molar-refractivity contribution in [1.29, 1.82) is 0 Å². The van der Waals surface area contributed by atoms with E-state index in [2.05, 4.69) is 28.5 Å². The average molecular weight is 343 g/mol. The third-order valence-electron chi connectivity index (χ3n) is 4.09. The second-order valence-corrected chi connectivity index (χ2v) is 6.83. The summed E-state index contributed by atoms with van der Waals surface area (Å²) in [6.45, 7) is 5.84. The van der Waals surface area contributed by atoms with Gasteiger partial charge in [-0.25, -0.2) is 5.01 Å². The van der Waals surface area contributed by atoms with Crippen molar-refractivity contribution in [2.75, 3.05) is 7.11 Å². The Bertz CT molecular complexity index is 797. The molecule has 126 valence electrons. The minimum atomic E-state index is -0.169. The van der Waals surface area contributed by atoms with Crippen LogP contribution in [0.3, 0.4) is 0 Å². The predicted octanol–water partition coefficient (Wildman–Crippen LogP) is 3.86. The molecule has 0 aliphatic carbocycles. The summed E-state index contributed by atoms with van der Waals surface area (Å²) in [6, 6.07) is 3.85. The van der Waals surface area contributed by atoms with E-state index < -0.39 is 0 Å².